The van der Waals surface area contributed by atoms with Gasteiger partial charge < -0.3 is 0 Å². The number of para-hydroxylation sites is 1. The van der Waals surface area contributed by atoms with Crippen molar-refractivity contribution in [3.63, 3.8) is 0 Å². The van der Waals surface area contributed by atoms with Gasteiger partial charge in [-0.15, -0.1) is 11.3 Å². The minimum atomic E-state index is -3.64. The van der Waals surface area contributed by atoms with E-state index >= 15 is 0 Å². The third-order valence-electron chi connectivity index (χ3n) is 5.34. The zero-order chi connectivity index (χ0) is 19.6. The standard InChI is InChI=1S/C21H25N3O2S2/c1-2-24(18-12-7-4-8-13-18)28(25,26)20-16-23(17-10-5-3-6-11-17)22-21(20)19-14-9-15-27-19/h3,5-6,9-11,14-16,18H,2,4,7-8,12-13H2,1H3. The van der Waals surface area contributed by atoms with Crippen molar-refractivity contribution in [1.29, 1.82) is 0 Å². The largest absolute Gasteiger partial charge is 0.247 e. The summed E-state index contributed by atoms with van der Waals surface area (Å²) in [5.74, 6) is 0. The van der Waals surface area contributed by atoms with E-state index in [9.17, 15) is 8.42 Å². The minimum absolute atomic E-state index is 0.0833. The van der Waals surface area contributed by atoms with Crippen molar-refractivity contribution in [2.45, 2.75) is 50.0 Å². The fourth-order valence-electron chi connectivity index (χ4n) is 3.96. The zero-order valence-electron chi connectivity index (χ0n) is 16.0. The number of hydrogen-bond acceptors (Lipinski definition) is 4. The number of sulfonamides is 1. The minimum Gasteiger partial charge on any atom is -0.239 e. The lowest BCUT2D eigenvalue weighted by Crippen LogP contribution is -2.41. The molecular formula is C21H25N3O2S2. The molecule has 0 radical (unpaired) electrons. The van der Waals surface area contributed by atoms with Gasteiger partial charge in [-0.1, -0.05) is 50.5 Å². The molecule has 2 heterocycles. The van der Waals surface area contributed by atoms with Gasteiger partial charge in [0.05, 0.1) is 16.8 Å². The van der Waals surface area contributed by atoms with Gasteiger partial charge in [0.15, 0.2) is 0 Å². The summed E-state index contributed by atoms with van der Waals surface area (Å²) in [6, 6.07) is 13.6. The second-order valence-electron chi connectivity index (χ2n) is 7.10. The molecule has 7 heteroatoms. The van der Waals surface area contributed by atoms with Gasteiger partial charge in [-0.2, -0.15) is 9.40 Å². The van der Waals surface area contributed by atoms with Crippen LogP contribution in [0.4, 0.5) is 0 Å². The van der Waals surface area contributed by atoms with E-state index in [-0.39, 0.29) is 6.04 Å². The first kappa shape index (κ1) is 19.4. The first-order valence-corrected chi connectivity index (χ1v) is 12.1. The van der Waals surface area contributed by atoms with Crippen molar-refractivity contribution in [1.82, 2.24) is 14.1 Å². The third-order valence-corrected chi connectivity index (χ3v) is 8.24. The average molecular weight is 416 g/mol. The molecule has 1 aliphatic rings. The molecule has 1 aromatic carbocycles. The lowest BCUT2D eigenvalue weighted by atomic mass is 9.95. The number of hydrogen-bond donors (Lipinski definition) is 0. The Kier molecular flexibility index (Phi) is 5.66. The Hall–Kier alpha value is -1.96. The molecular weight excluding hydrogens is 390 g/mol. The molecule has 1 saturated carbocycles. The molecule has 1 fully saturated rings. The molecule has 0 bridgehead atoms. The Labute approximate surface area is 170 Å². The average Bonchev–Trinajstić information content (AvgIpc) is 3.40. The van der Waals surface area contributed by atoms with Gasteiger partial charge in [-0.05, 0) is 36.4 Å². The molecule has 1 aliphatic carbocycles. The van der Waals surface area contributed by atoms with Crippen molar-refractivity contribution >= 4 is 21.4 Å². The van der Waals surface area contributed by atoms with Crippen molar-refractivity contribution in [2.24, 2.45) is 0 Å². The highest BCUT2D eigenvalue weighted by molar-refractivity contribution is 7.89. The predicted molar refractivity (Wildman–Crippen MR) is 113 cm³/mol. The molecule has 0 spiro atoms. The van der Waals surface area contributed by atoms with E-state index in [4.69, 9.17) is 0 Å². The van der Waals surface area contributed by atoms with E-state index in [0.29, 0.717) is 17.1 Å². The van der Waals surface area contributed by atoms with Gasteiger partial charge in [0.25, 0.3) is 0 Å². The van der Waals surface area contributed by atoms with Crippen molar-refractivity contribution < 1.29 is 8.42 Å². The van der Waals surface area contributed by atoms with E-state index in [1.54, 1.807) is 15.2 Å². The van der Waals surface area contributed by atoms with Crippen LogP contribution >= 0.6 is 11.3 Å². The summed E-state index contributed by atoms with van der Waals surface area (Å²) in [7, 11) is -3.64. The van der Waals surface area contributed by atoms with Crippen LogP contribution < -0.4 is 0 Å². The Balaban J connectivity index is 1.81. The van der Waals surface area contributed by atoms with Crippen LogP contribution in [0.25, 0.3) is 16.3 Å². The Morgan fingerprint density at radius 3 is 2.50 bits per heavy atom. The molecule has 28 heavy (non-hydrogen) atoms. The summed E-state index contributed by atoms with van der Waals surface area (Å²) in [6.45, 7) is 2.41. The van der Waals surface area contributed by atoms with E-state index < -0.39 is 10.0 Å². The summed E-state index contributed by atoms with van der Waals surface area (Å²) in [5.41, 5.74) is 1.38. The van der Waals surface area contributed by atoms with Crippen LogP contribution in [0, 0.1) is 0 Å². The molecule has 3 aromatic rings. The van der Waals surface area contributed by atoms with Crippen LogP contribution in [0.5, 0.6) is 0 Å². The van der Waals surface area contributed by atoms with Crippen LogP contribution in [0.1, 0.15) is 39.0 Å². The Morgan fingerprint density at radius 1 is 1.11 bits per heavy atom. The van der Waals surface area contributed by atoms with Crippen LogP contribution in [0.3, 0.4) is 0 Å². The van der Waals surface area contributed by atoms with Gasteiger partial charge in [0.2, 0.25) is 10.0 Å². The van der Waals surface area contributed by atoms with Gasteiger partial charge >= 0.3 is 0 Å². The molecule has 0 unspecified atom stereocenters. The van der Waals surface area contributed by atoms with Crippen molar-refractivity contribution in [2.75, 3.05) is 6.54 Å². The smallest absolute Gasteiger partial charge is 0.239 e. The summed E-state index contributed by atoms with van der Waals surface area (Å²) in [6.07, 6.45) is 6.93. The van der Waals surface area contributed by atoms with Crippen LogP contribution in [-0.4, -0.2) is 35.1 Å². The van der Waals surface area contributed by atoms with E-state index in [1.807, 2.05) is 54.8 Å². The number of nitrogens with zero attached hydrogens (tertiary/aromatic N) is 3. The van der Waals surface area contributed by atoms with Crippen molar-refractivity contribution in [3.8, 4) is 16.3 Å². The number of thiophene rings is 1. The van der Waals surface area contributed by atoms with Gasteiger partial charge in [-0.3, -0.25) is 0 Å². The fraction of sp³-hybridized carbons (Fsp3) is 0.381. The highest BCUT2D eigenvalue weighted by Gasteiger charge is 2.34. The normalized spacial score (nSPS) is 15.9. The van der Waals surface area contributed by atoms with Crippen LogP contribution in [0.15, 0.2) is 58.9 Å². The second kappa shape index (κ2) is 8.19. The maximum absolute atomic E-state index is 13.7. The molecule has 0 aliphatic heterocycles. The number of rotatable bonds is 6. The molecule has 4 rings (SSSR count). The molecule has 5 nitrogen and oxygen atoms in total. The lowest BCUT2D eigenvalue weighted by Gasteiger charge is -2.32. The molecule has 2 aromatic heterocycles. The summed E-state index contributed by atoms with van der Waals surface area (Å²) in [4.78, 5) is 1.17. The second-order valence-corrected chi connectivity index (χ2v) is 9.91. The Bertz CT molecular complexity index is 1010. The first-order chi connectivity index (χ1) is 13.6. The van der Waals surface area contributed by atoms with E-state index in [2.05, 4.69) is 5.10 Å². The first-order valence-electron chi connectivity index (χ1n) is 9.82. The predicted octanol–water partition coefficient (Wildman–Crippen LogP) is 4.94. The van der Waals surface area contributed by atoms with Gasteiger partial charge in [0, 0.05) is 12.6 Å². The summed E-state index contributed by atoms with van der Waals surface area (Å²) >= 11 is 1.51. The zero-order valence-corrected chi connectivity index (χ0v) is 17.6. The highest BCUT2D eigenvalue weighted by Crippen LogP contribution is 2.34. The van der Waals surface area contributed by atoms with Crippen LogP contribution in [-0.2, 0) is 10.0 Å². The maximum atomic E-state index is 13.7. The summed E-state index contributed by atoms with van der Waals surface area (Å²) in [5, 5.41) is 6.62. The summed E-state index contributed by atoms with van der Waals surface area (Å²) < 4.78 is 30.8. The van der Waals surface area contributed by atoms with Gasteiger partial charge in [0.1, 0.15) is 10.6 Å². The number of benzene rings is 1. The lowest BCUT2D eigenvalue weighted by molar-refractivity contribution is 0.261. The molecule has 0 amide bonds. The molecule has 0 saturated heterocycles. The monoisotopic (exact) mass is 415 g/mol. The molecule has 0 atom stereocenters. The topological polar surface area (TPSA) is 55.2 Å². The third kappa shape index (κ3) is 3.66. The molecule has 148 valence electrons. The molecule has 0 N–H and O–H groups in total. The highest BCUT2D eigenvalue weighted by atomic mass is 32.2. The van der Waals surface area contributed by atoms with Crippen LogP contribution in [0.2, 0.25) is 0 Å². The quantitative estimate of drug-likeness (QED) is 0.573. The fourth-order valence-corrected chi connectivity index (χ4v) is 6.58. The van der Waals surface area contributed by atoms with E-state index in [1.165, 1.54) is 17.8 Å². The number of aromatic nitrogens is 2. The maximum Gasteiger partial charge on any atom is 0.247 e. The Morgan fingerprint density at radius 2 is 1.86 bits per heavy atom. The SMILES string of the molecule is CCN(C1CCCCC1)S(=O)(=O)c1cn(-c2ccccc2)nc1-c1cccs1. The van der Waals surface area contributed by atoms with E-state index in [0.717, 1.165) is 36.2 Å². The van der Waals surface area contributed by atoms with Gasteiger partial charge in [-0.25, -0.2) is 13.1 Å². The van der Waals surface area contributed by atoms with Crippen molar-refractivity contribution in [3.05, 3.63) is 54.0 Å².